The first-order chi connectivity index (χ1) is 16.1. The molecular weight excluding hydrogens is 434 g/mol. The molecule has 3 amide bonds. The smallest absolute Gasteiger partial charge is 0.255 e. The predicted octanol–water partition coefficient (Wildman–Crippen LogP) is 4.27. The zero-order chi connectivity index (χ0) is 23.0. The molecule has 2 heterocycles. The van der Waals surface area contributed by atoms with Gasteiger partial charge in [0.1, 0.15) is 6.04 Å². The number of imide groups is 1. The number of benzene rings is 1. The highest BCUT2D eigenvalue weighted by atomic mass is 32.2. The van der Waals surface area contributed by atoms with E-state index in [2.05, 4.69) is 16.7 Å². The number of piperidine rings is 1. The fraction of sp³-hybridized carbons (Fsp3) is 0.654. The van der Waals surface area contributed by atoms with E-state index in [0.29, 0.717) is 18.5 Å². The Morgan fingerprint density at radius 2 is 1.82 bits per heavy atom. The van der Waals surface area contributed by atoms with Gasteiger partial charge in [0.05, 0.1) is 0 Å². The molecule has 7 heteroatoms. The molecule has 1 unspecified atom stereocenters. The average Bonchev–Trinajstić information content (AvgIpc) is 3.15. The highest BCUT2D eigenvalue weighted by Gasteiger charge is 2.39. The maximum Gasteiger partial charge on any atom is 0.255 e. The second kappa shape index (κ2) is 12.0. The van der Waals surface area contributed by atoms with Crippen LogP contribution >= 0.6 is 11.8 Å². The normalized spacial score (nSPS) is 21.4. The van der Waals surface area contributed by atoms with E-state index in [1.54, 1.807) is 4.90 Å². The lowest BCUT2D eigenvalue weighted by atomic mass is 9.89. The zero-order valence-corrected chi connectivity index (χ0v) is 20.4. The van der Waals surface area contributed by atoms with E-state index in [1.807, 2.05) is 23.9 Å². The van der Waals surface area contributed by atoms with Gasteiger partial charge in [0.2, 0.25) is 11.8 Å². The highest BCUT2D eigenvalue weighted by molar-refractivity contribution is 7.99. The Bertz CT molecular complexity index is 853. The van der Waals surface area contributed by atoms with Crippen molar-refractivity contribution in [1.29, 1.82) is 0 Å². The van der Waals surface area contributed by atoms with Crippen LogP contribution in [0, 0.1) is 5.92 Å². The summed E-state index contributed by atoms with van der Waals surface area (Å²) in [6.45, 7) is 2.79. The van der Waals surface area contributed by atoms with Crippen molar-refractivity contribution in [1.82, 2.24) is 15.5 Å². The zero-order valence-electron chi connectivity index (χ0n) is 19.6. The van der Waals surface area contributed by atoms with Gasteiger partial charge in [0.15, 0.2) is 0 Å². The summed E-state index contributed by atoms with van der Waals surface area (Å²) >= 11 is 1.82. The first-order valence-corrected chi connectivity index (χ1v) is 13.7. The van der Waals surface area contributed by atoms with Crippen molar-refractivity contribution in [3.05, 3.63) is 29.3 Å². The van der Waals surface area contributed by atoms with Crippen molar-refractivity contribution in [2.45, 2.75) is 88.1 Å². The minimum absolute atomic E-state index is 0.0947. The van der Waals surface area contributed by atoms with Gasteiger partial charge in [-0.1, -0.05) is 38.2 Å². The van der Waals surface area contributed by atoms with E-state index >= 15 is 0 Å². The van der Waals surface area contributed by atoms with Crippen LogP contribution < -0.4 is 10.6 Å². The van der Waals surface area contributed by atoms with Gasteiger partial charge in [-0.3, -0.25) is 19.7 Å². The molecule has 33 heavy (non-hydrogen) atoms. The predicted molar refractivity (Wildman–Crippen MR) is 131 cm³/mol. The lowest BCUT2D eigenvalue weighted by molar-refractivity contribution is -0.136. The largest absolute Gasteiger partial charge is 0.322 e. The maximum atomic E-state index is 12.9. The van der Waals surface area contributed by atoms with E-state index < -0.39 is 6.04 Å². The number of nitrogens with one attached hydrogen (secondary N) is 2. The molecule has 180 valence electrons. The van der Waals surface area contributed by atoms with E-state index in [-0.39, 0.29) is 24.1 Å². The summed E-state index contributed by atoms with van der Waals surface area (Å²) < 4.78 is 0. The number of nitrogens with zero attached hydrogens (tertiary/aromatic N) is 1. The molecule has 2 fully saturated rings. The van der Waals surface area contributed by atoms with Crippen LogP contribution in [0.1, 0.15) is 86.6 Å². The van der Waals surface area contributed by atoms with Gasteiger partial charge in [-0.05, 0) is 74.6 Å². The molecule has 4 rings (SSSR count). The molecule has 0 spiro atoms. The third kappa shape index (κ3) is 6.38. The quantitative estimate of drug-likeness (QED) is 0.286. The van der Waals surface area contributed by atoms with Gasteiger partial charge < -0.3 is 10.2 Å². The topological polar surface area (TPSA) is 78.5 Å². The molecule has 2 N–H and O–H groups in total. The Balaban J connectivity index is 1.16. The summed E-state index contributed by atoms with van der Waals surface area (Å²) in [7, 11) is 0. The van der Waals surface area contributed by atoms with Gasteiger partial charge in [-0.2, -0.15) is 0 Å². The van der Waals surface area contributed by atoms with Gasteiger partial charge in [-0.15, -0.1) is 11.8 Å². The van der Waals surface area contributed by atoms with Crippen LogP contribution in [0.25, 0.3) is 0 Å². The number of amides is 3. The van der Waals surface area contributed by atoms with E-state index in [9.17, 15) is 14.4 Å². The lowest BCUT2D eigenvalue weighted by Gasteiger charge is -2.29. The van der Waals surface area contributed by atoms with Gasteiger partial charge in [0.25, 0.3) is 5.91 Å². The van der Waals surface area contributed by atoms with E-state index in [0.717, 1.165) is 28.7 Å². The Morgan fingerprint density at radius 1 is 1.00 bits per heavy atom. The Hall–Kier alpha value is -1.86. The second-order valence-electron chi connectivity index (χ2n) is 9.65. The summed E-state index contributed by atoms with van der Waals surface area (Å²) in [6.07, 6.45) is 12.7. The summed E-state index contributed by atoms with van der Waals surface area (Å²) in [5, 5.41) is 6.02. The number of carbonyl (C=O) groups is 3. The molecule has 3 aliphatic rings. The Kier molecular flexibility index (Phi) is 8.84. The molecule has 0 aromatic heterocycles. The number of unbranched alkanes of at least 4 members (excludes halogenated alkanes) is 3. The number of carbonyl (C=O) groups excluding carboxylic acids is 3. The lowest BCUT2D eigenvalue weighted by Crippen LogP contribution is -2.52. The summed E-state index contributed by atoms with van der Waals surface area (Å²) in [5.74, 6) is 1.24. The van der Waals surface area contributed by atoms with Crippen LogP contribution in [-0.4, -0.2) is 47.5 Å². The molecule has 1 saturated carbocycles. The monoisotopic (exact) mass is 471 g/mol. The van der Waals surface area contributed by atoms with E-state index in [4.69, 9.17) is 0 Å². The molecule has 6 nitrogen and oxygen atoms in total. The number of fused-ring (bicyclic) bond motifs is 1. The summed E-state index contributed by atoms with van der Waals surface area (Å²) in [5.41, 5.74) is 1.73. The first-order valence-electron chi connectivity index (χ1n) is 12.7. The molecule has 2 aliphatic heterocycles. The molecule has 1 aliphatic carbocycles. The third-order valence-corrected chi connectivity index (χ3v) is 8.39. The Labute approximate surface area is 201 Å². The fourth-order valence-corrected chi connectivity index (χ4v) is 6.37. The SMILES string of the molecule is O=C1CCC(N2Cc3c(SCCCCCCNCC4CCCCC4)cccc3C2=O)C(=O)N1. The van der Waals surface area contributed by atoms with Crippen LogP contribution in [0.15, 0.2) is 23.1 Å². The molecule has 0 bridgehead atoms. The molecular formula is C26H37N3O3S. The maximum absolute atomic E-state index is 12.9. The van der Waals surface area contributed by atoms with Crippen molar-refractivity contribution in [2.75, 3.05) is 18.8 Å². The molecule has 1 aromatic rings. The second-order valence-corrected chi connectivity index (χ2v) is 10.8. The molecule has 0 radical (unpaired) electrons. The van der Waals surface area contributed by atoms with Crippen LogP contribution in [0.4, 0.5) is 0 Å². The van der Waals surface area contributed by atoms with E-state index in [1.165, 1.54) is 64.3 Å². The van der Waals surface area contributed by atoms with Crippen molar-refractivity contribution < 1.29 is 14.4 Å². The minimum atomic E-state index is -0.549. The van der Waals surface area contributed by atoms with Crippen molar-refractivity contribution >= 4 is 29.5 Å². The summed E-state index contributed by atoms with van der Waals surface area (Å²) in [6, 6.07) is 5.32. The van der Waals surface area contributed by atoms with Crippen LogP contribution in [0.3, 0.4) is 0 Å². The number of hydrogen-bond acceptors (Lipinski definition) is 5. The molecule has 1 saturated heterocycles. The van der Waals surface area contributed by atoms with Gasteiger partial charge in [-0.25, -0.2) is 0 Å². The number of rotatable bonds is 11. The minimum Gasteiger partial charge on any atom is -0.322 e. The Morgan fingerprint density at radius 3 is 2.64 bits per heavy atom. The first kappa shape index (κ1) is 24.3. The summed E-state index contributed by atoms with van der Waals surface area (Å²) in [4.78, 5) is 39.4. The standard InChI is InChI=1S/C26H37N3O3S/c30-24-14-13-22(25(31)28-24)29-18-21-20(26(29)32)11-8-12-23(21)33-16-7-2-1-6-15-27-17-19-9-4-3-5-10-19/h8,11-12,19,22,27H,1-7,9-10,13-18H2,(H,28,30,31). The molecule has 1 atom stereocenters. The van der Waals surface area contributed by atoms with Crippen LogP contribution in [0.2, 0.25) is 0 Å². The number of hydrogen-bond donors (Lipinski definition) is 2. The molecule has 1 aromatic carbocycles. The van der Waals surface area contributed by atoms with Crippen molar-refractivity contribution in [3.63, 3.8) is 0 Å². The van der Waals surface area contributed by atoms with Crippen LogP contribution in [0.5, 0.6) is 0 Å². The third-order valence-electron chi connectivity index (χ3n) is 7.20. The average molecular weight is 472 g/mol. The van der Waals surface area contributed by atoms with Gasteiger partial charge >= 0.3 is 0 Å². The highest BCUT2D eigenvalue weighted by Crippen LogP contribution is 2.34. The number of thioether (sulfide) groups is 1. The van der Waals surface area contributed by atoms with Gasteiger partial charge in [0, 0.05) is 23.4 Å². The van der Waals surface area contributed by atoms with Crippen LogP contribution in [-0.2, 0) is 16.1 Å². The fourth-order valence-electron chi connectivity index (χ4n) is 5.28. The van der Waals surface area contributed by atoms with Crippen molar-refractivity contribution in [2.24, 2.45) is 5.92 Å². The van der Waals surface area contributed by atoms with Crippen molar-refractivity contribution in [3.8, 4) is 0 Å².